The van der Waals surface area contributed by atoms with E-state index in [1.807, 2.05) is 0 Å². The molecular weight excluding hydrogens is 232 g/mol. The topological polar surface area (TPSA) is 40.5 Å². The van der Waals surface area contributed by atoms with Crippen molar-refractivity contribution < 1.29 is 10.2 Å². The van der Waals surface area contributed by atoms with Gasteiger partial charge in [-0.15, -0.1) is 11.8 Å². The van der Waals surface area contributed by atoms with Crippen LogP contribution in [0.2, 0.25) is 0 Å². The Morgan fingerprint density at radius 1 is 1.24 bits per heavy atom. The number of hydrogen-bond donors (Lipinski definition) is 2. The number of unbranched alkanes of at least 4 members (excludes halogenated alkanes) is 1. The summed E-state index contributed by atoms with van der Waals surface area (Å²) >= 11 is 1.63. The van der Waals surface area contributed by atoms with E-state index in [-0.39, 0.29) is 0 Å². The molecule has 0 radical (unpaired) electrons. The zero-order chi connectivity index (χ0) is 13.5. The van der Waals surface area contributed by atoms with Crippen LogP contribution < -0.4 is 0 Å². The standard InChI is InChI=1S/C14H24O2S/c1-6-7-11-17-12(14(4,5)16)9-8-10-13(2,3)15/h9,15-16H,6-7,11H2,1-5H3/b12-9+. The van der Waals surface area contributed by atoms with Crippen LogP contribution in [0.3, 0.4) is 0 Å². The third-order valence-electron chi connectivity index (χ3n) is 1.94. The third kappa shape index (κ3) is 9.29. The maximum absolute atomic E-state index is 9.99. The van der Waals surface area contributed by atoms with Crippen LogP contribution in [0.25, 0.3) is 0 Å². The van der Waals surface area contributed by atoms with Crippen molar-refractivity contribution in [2.24, 2.45) is 0 Å². The molecule has 0 aliphatic carbocycles. The lowest BCUT2D eigenvalue weighted by atomic mass is 10.1. The highest BCUT2D eigenvalue weighted by Gasteiger charge is 2.19. The molecule has 0 heterocycles. The second-order valence-corrected chi connectivity index (χ2v) is 6.23. The maximum Gasteiger partial charge on any atom is 0.120 e. The molecule has 0 aromatic heterocycles. The van der Waals surface area contributed by atoms with Gasteiger partial charge >= 0.3 is 0 Å². The summed E-state index contributed by atoms with van der Waals surface area (Å²) in [5.41, 5.74) is -1.86. The van der Waals surface area contributed by atoms with Gasteiger partial charge in [-0.05, 0) is 39.9 Å². The van der Waals surface area contributed by atoms with Crippen LogP contribution in [0.1, 0.15) is 47.5 Å². The van der Waals surface area contributed by atoms with Crippen molar-refractivity contribution in [1.82, 2.24) is 0 Å². The highest BCUT2D eigenvalue weighted by Crippen LogP contribution is 2.28. The second kappa shape index (κ2) is 7.10. The average Bonchev–Trinajstić information content (AvgIpc) is 2.12. The highest BCUT2D eigenvalue weighted by atomic mass is 32.2. The monoisotopic (exact) mass is 256 g/mol. The molecule has 3 heteroatoms. The minimum Gasteiger partial charge on any atom is -0.385 e. The molecule has 0 saturated heterocycles. The van der Waals surface area contributed by atoms with Crippen molar-refractivity contribution in [3.63, 3.8) is 0 Å². The minimum atomic E-state index is -0.991. The van der Waals surface area contributed by atoms with Crippen LogP contribution in [0.5, 0.6) is 0 Å². The van der Waals surface area contributed by atoms with Crippen molar-refractivity contribution in [1.29, 1.82) is 0 Å². The van der Waals surface area contributed by atoms with E-state index in [0.717, 1.165) is 23.5 Å². The molecule has 0 spiro atoms. The van der Waals surface area contributed by atoms with Crippen LogP contribution in [-0.4, -0.2) is 27.2 Å². The number of aliphatic hydroxyl groups is 2. The molecule has 0 saturated carbocycles. The van der Waals surface area contributed by atoms with Crippen molar-refractivity contribution in [2.75, 3.05) is 5.75 Å². The number of hydrogen-bond acceptors (Lipinski definition) is 3. The first-order chi connectivity index (χ1) is 7.67. The zero-order valence-electron chi connectivity index (χ0n) is 11.5. The largest absolute Gasteiger partial charge is 0.385 e. The van der Waals surface area contributed by atoms with Crippen LogP contribution in [-0.2, 0) is 0 Å². The normalized spacial score (nSPS) is 13.2. The Balaban J connectivity index is 4.68. The summed E-state index contributed by atoms with van der Waals surface area (Å²) in [5, 5.41) is 19.5. The van der Waals surface area contributed by atoms with E-state index in [9.17, 15) is 10.2 Å². The summed E-state index contributed by atoms with van der Waals surface area (Å²) in [4.78, 5) is 0.850. The fraction of sp³-hybridized carbons (Fsp3) is 0.714. The predicted octanol–water partition coefficient (Wildman–Crippen LogP) is 2.95. The molecule has 98 valence electrons. The first kappa shape index (κ1) is 16.6. The molecule has 0 bridgehead atoms. The van der Waals surface area contributed by atoms with Gasteiger partial charge < -0.3 is 10.2 Å². The lowest BCUT2D eigenvalue weighted by Gasteiger charge is -2.20. The van der Waals surface area contributed by atoms with Crippen molar-refractivity contribution >= 4 is 11.8 Å². The number of thioether (sulfide) groups is 1. The van der Waals surface area contributed by atoms with Gasteiger partial charge in [-0.25, -0.2) is 0 Å². The van der Waals surface area contributed by atoms with Gasteiger partial charge in [0.25, 0.3) is 0 Å². The molecule has 17 heavy (non-hydrogen) atoms. The summed E-state index contributed by atoms with van der Waals surface area (Å²) in [5.74, 6) is 6.52. The lowest BCUT2D eigenvalue weighted by Crippen LogP contribution is -2.20. The van der Waals surface area contributed by atoms with Crippen LogP contribution in [0, 0.1) is 11.8 Å². The number of rotatable bonds is 5. The Hall–Kier alpha value is -0.430. The van der Waals surface area contributed by atoms with E-state index in [4.69, 9.17) is 0 Å². The summed E-state index contributed by atoms with van der Waals surface area (Å²) < 4.78 is 0. The molecule has 2 N–H and O–H groups in total. The molecule has 2 nitrogen and oxygen atoms in total. The lowest BCUT2D eigenvalue weighted by molar-refractivity contribution is 0.129. The Morgan fingerprint density at radius 2 is 1.82 bits per heavy atom. The van der Waals surface area contributed by atoms with Gasteiger partial charge in [0.05, 0.1) is 5.60 Å². The minimum absolute atomic E-state index is 0.850. The first-order valence-electron chi connectivity index (χ1n) is 5.97. The summed E-state index contributed by atoms with van der Waals surface area (Å²) in [6, 6.07) is 0. The van der Waals surface area contributed by atoms with E-state index in [0.29, 0.717) is 0 Å². The highest BCUT2D eigenvalue weighted by molar-refractivity contribution is 8.03. The van der Waals surface area contributed by atoms with Crippen molar-refractivity contribution in [3.05, 3.63) is 11.0 Å². The summed E-state index contributed by atoms with van der Waals surface area (Å²) in [7, 11) is 0. The predicted molar refractivity (Wildman–Crippen MR) is 75.8 cm³/mol. The molecule has 0 aliphatic rings. The van der Waals surface area contributed by atoms with Crippen molar-refractivity contribution in [3.8, 4) is 11.8 Å². The third-order valence-corrected chi connectivity index (χ3v) is 3.36. The SMILES string of the molecule is CCCCS/C(=C/C#CC(C)(C)O)C(C)(C)O. The van der Waals surface area contributed by atoms with E-state index in [2.05, 4.69) is 18.8 Å². The molecule has 0 fully saturated rings. The van der Waals surface area contributed by atoms with Gasteiger partial charge in [0, 0.05) is 11.0 Å². The smallest absolute Gasteiger partial charge is 0.120 e. The van der Waals surface area contributed by atoms with Gasteiger partial charge in [0.15, 0.2) is 0 Å². The first-order valence-corrected chi connectivity index (χ1v) is 6.96. The van der Waals surface area contributed by atoms with Gasteiger partial charge in [0.2, 0.25) is 0 Å². The second-order valence-electron chi connectivity index (χ2n) is 5.10. The van der Waals surface area contributed by atoms with Gasteiger partial charge in [-0.3, -0.25) is 0 Å². The molecule has 0 amide bonds. The van der Waals surface area contributed by atoms with Gasteiger partial charge in [-0.1, -0.05) is 25.2 Å². The molecule has 0 aromatic carbocycles. The van der Waals surface area contributed by atoms with E-state index < -0.39 is 11.2 Å². The summed E-state index contributed by atoms with van der Waals surface area (Å²) in [6.07, 6.45) is 3.97. The van der Waals surface area contributed by atoms with Crippen LogP contribution >= 0.6 is 11.8 Å². The number of allylic oxidation sites excluding steroid dienone is 1. The average molecular weight is 256 g/mol. The van der Waals surface area contributed by atoms with Crippen LogP contribution in [0.15, 0.2) is 11.0 Å². The van der Waals surface area contributed by atoms with Gasteiger partial charge in [-0.2, -0.15) is 0 Å². The molecule has 0 aromatic rings. The molecule has 0 atom stereocenters. The van der Waals surface area contributed by atoms with E-state index in [1.165, 1.54) is 0 Å². The van der Waals surface area contributed by atoms with E-state index >= 15 is 0 Å². The Kier molecular flexibility index (Phi) is 6.92. The Labute approximate surface area is 110 Å². The Bertz CT molecular complexity index is 308. The quantitative estimate of drug-likeness (QED) is 0.587. The molecule has 0 aliphatic heterocycles. The fourth-order valence-corrected chi connectivity index (χ4v) is 2.15. The summed E-state index contributed by atoms with van der Waals surface area (Å²) in [6.45, 7) is 8.93. The Morgan fingerprint density at radius 3 is 2.24 bits per heavy atom. The molecule has 0 unspecified atom stereocenters. The fourth-order valence-electron chi connectivity index (χ4n) is 1.000. The van der Waals surface area contributed by atoms with Gasteiger partial charge in [0.1, 0.15) is 5.60 Å². The maximum atomic E-state index is 9.99. The van der Waals surface area contributed by atoms with Crippen LogP contribution in [0.4, 0.5) is 0 Å². The molecular formula is C14H24O2S. The van der Waals surface area contributed by atoms with Crippen molar-refractivity contribution in [2.45, 2.75) is 58.7 Å². The van der Waals surface area contributed by atoms with E-state index in [1.54, 1.807) is 45.5 Å². The molecule has 0 rings (SSSR count). The zero-order valence-corrected chi connectivity index (χ0v) is 12.3.